The summed E-state index contributed by atoms with van der Waals surface area (Å²) in [6.07, 6.45) is 0. The number of hydrogen-bond acceptors (Lipinski definition) is 6. The molecule has 0 aliphatic rings. The van der Waals surface area contributed by atoms with E-state index in [1.54, 1.807) is 0 Å². The van der Waals surface area contributed by atoms with Crippen molar-refractivity contribution in [1.82, 2.24) is 4.90 Å². The Morgan fingerprint density at radius 1 is 1.00 bits per heavy atom. The molecule has 0 fully saturated rings. The lowest BCUT2D eigenvalue weighted by atomic mass is 10.4. The quantitative estimate of drug-likeness (QED) is 0.691. The Bertz CT molecular complexity index is 684. The highest BCUT2D eigenvalue weighted by atomic mass is 35.5. The third-order valence-electron chi connectivity index (χ3n) is 2.85. The highest BCUT2D eigenvalue weighted by Crippen LogP contribution is 2.20. The first-order valence-electron chi connectivity index (χ1n) is 6.96. The minimum absolute atomic E-state index is 0.195. The topological polar surface area (TPSA) is 80.8 Å². The van der Waals surface area contributed by atoms with Crippen LogP contribution in [-0.4, -0.2) is 47.1 Å². The highest BCUT2D eigenvalue weighted by molar-refractivity contribution is 8.00. The monoisotopic (exact) mass is 407 g/mol. The Balaban J connectivity index is 0.000000640. The van der Waals surface area contributed by atoms with Crippen molar-refractivity contribution >= 4 is 31.8 Å². The van der Waals surface area contributed by atoms with Crippen LogP contribution >= 0.6 is 11.6 Å². The predicted molar refractivity (Wildman–Crippen MR) is 88.1 cm³/mol. The zero-order valence-corrected chi connectivity index (χ0v) is 15.8. The molecule has 1 rings (SSSR count). The van der Waals surface area contributed by atoms with Gasteiger partial charge in [0, 0.05) is 5.02 Å². The van der Waals surface area contributed by atoms with Crippen LogP contribution in [0, 0.1) is 0 Å². The van der Waals surface area contributed by atoms with Gasteiger partial charge in [0.1, 0.15) is 0 Å². The fourth-order valence-electron chi connectivity index (χ4n) is 1.47. The summed E-state index contributed by atoms with van der Waals surface area (Å²) in [5.41, 5.74) is 0. The minimum atomic E-state index is -5.47. The molecule has 0 saturated carbocycles. The lowest BCUT2D eigenvalue weighted by Gasteiger charge is -2.13. The summed E-state index contributed by atoms with van der Waals surface area (Å²) in [5.74, 6) is -3.94. The van der Waals surface area contributed by atoms with Crippen LogP contribution in [0.15, 0.2) is 29.2 Å². The second kappa shape index (κ2) is 10.2. The van der Waals surface area contributed by atoms with E-state index in [1.165, 1.54) is 19.6 Å². The number of halogens is 3. The van der Waals surface area contributed by atoms with Crippen molar-refractivity contribution in [3.05, 3.63) is 29.3 Å². The van der Waals surface area contributed by atoms with E-state index in [-0.39, 0.29) is 5.02 Å². The van der Waals surface area contributed by atoms with Crippen LogP contribution in [0.3, 0.4) is 0 Å². The standard InChI is InChI=1S/C7H5ClF2O5S2.C6H15N/c8-5-1-3-6(4-2-5)16(11,12)15-17(13,14)7(9)10;1-4-7(5-2)6-3/h1-4,7H;4-6H2,1-3H3. The van der Waals surface area contributed by atoms with Crippen molar-refractivity contribution in [2.24, 2.45) is 0 Å². The van der Waals surface area contributed by atoms with E-state index in [4.69, 9.17) is 11.6 Å². The molecular formula is C13H20ClF2NO5S2. The fraction of sp³-hybridized carbons (Fsp3) is 0.538. The third kappa shape index (κ3) is 7.84. The van der Waals surface area contributed by atoms with Gasteiger partial charge in [-0.3, -0.25) is 0 Å². The van der Waals surface area contributed by atoms with Crippen LogP contribution in [0.5, 0.6) is 0 Å². The fourth-order valence-corrected chi connectivity index (χ4v) is 3.61. The smallest absolute Gasteiger partial charge is 0.304 e. The molecule has 0 N–H and O–H groups in total. The van der Waals surface area contributed by atoms with Crippen molar-refractivity contribution in [1.29, 1.82) is 0 Å². The Kier molecular flexibility index (Phi) is 9.90. The van der Waals surface area contributed by atoms with Gasteiger partial charge in [0.2, 0.25) is 0 Å². The van der Waals surface area contributed by atoms with Gasteiger partial charge in [-0.05, 0) is 43.9 Å². The van der Waals surface area contributed by atoms with E-state index in [0.717, 1.165) is 24.3 Å². The zero-order valence-electron chi connectivity index (χ0n) is 13.4. The molecule has 0 unspecified atom stereocenters. The molecular weight excluding hydrogens is 388 g/mol. The first kappa shape index (κ1) is 23.2. The summed E-state index contributed by atoms with van der Waals surface area (Å²) < 4.78 is 71.1. The summed E-state index contributed by atoms with van der Waals surface area (Å²) in [6.45, 7) is 10.1. The molecule has 0 aromatic heterocycles. The van der Waals surface area contributed by atoms with Gasteiger partial charge in [0.05, 0.1) is 4.90 Å². The largest absolute Gasteiger partial charge is 0.362 e. The van der Waals surface area contributed by atoms with Gasteiger partial charge in [-0.25, -0.2) is 0 Å². The van der Waals surface area contributed by atoms with Crippen LogP contribution in [-0.2, 0) is 23.9 Å². The summed E-state index contributed by atoms with van der Waals surface area (Å²) in [6, 6.07) is 4.15. The average molecular weight is 408 g/mol. The van der Waals surface area contributed by atoms with E-state index < -0.39 is 30.9 Å². The van der Waals surface area contributed by atoms with Crippen molar-refractivity contribution in [2.75, 3.05) is 19.6 Å². The van der Waals surface area contributed by atoms with Crippen LogP contribution in [0.4, 0.5) is 8.78 Å². The van der Waals surface area contributed by atoms with Crippen molar-refractivity contribution in [3.63, 3.8) is 0 Å². The lowest BCUT2D eigenvalue weighted by Crippen LogP contribution is -2.21. The Hall–Kier alpha value is -0.810. The first-order valence-corrected chi connectivity index (χ1v) is 10.2. The first-order chi connectivity index (χ1) is 11.0. The molecule has 1 aromatic carbocycles. The van der Waals surface area contributed by atoms with Gasteiger partial charge in [0.15, 0.2) is 0 Å². The second-order valence-electron chi connectivity index (χ2n) is 4.35. The van der Waals surface area contributed by atoms with Crippen LogP contribution in [0.25, 0.3) is 0 Å². The Morgan fingerprint density at radius 2 is 1.42 bits per heavy atom. The van der Waals surface area contributed by atoms with Crippen LogP contribution < -0.4 is 0 Å². The van der Waals surface area contributed by atoms with E-state index in [1.807, 2.05) is 0 Å². The van der Waals surface area contributed by atoms with E-state index in [9.17, 15) is 25.6 Å². The molecule has 0 aliphatic heterocycles. The third-order valence-corrected chi connectivity index (χ3v) is 5.86. The predicted octanol–water partition coefficient (Wildman–Crippen LogP) is 2.95. The summed E-state index contributed by atoms with van der Waals surface area (Å²) in [5, 5.41) is 0.195. The van der Waals surface area contributed by atoms with Gasteiger partial charge in [-0.1, -0.05) is 32.4 Å². The van der Waals surface area contributed by atoms with Gasteiger partial charge >= 0.3 is 26.0 Å². The maximum absolute atomic E-state index is 11.9. The summed E-state index contributed by atoms with van der Waals surface area (Å²) in [4.78, 5) is 1.78. The van der Waals surface area contributed by atoms with Crippen molar-refractivity contribution in [3.8, 4) is 0 Å². The second-order valence-corrected chi connectivity index (χ2v) is 8.05. The SMILES string of the molecule is CCN(CC)CC.O=S(=O)(OS(=O)(=O)C(F)F)c1ccc(Cl)cc1. The van der Waals surface area contributed by atoms with E-state index in [2.05, 4.69) is 29.3 Å². The molecule has 0 bridgehead atoms. The number of rotatable bonds is 7. The molecule has 24 heavy (non-hydrogen) atoms. The molecule has 1 aromatic rings. The van der Waals surface area contributed by atoms with Crippen LogP contribution in [0.1, 0.15) is 20.8 Å². The van der Waals surface area contributed by atoms with Gasteiger partial charge in [-0.15, -0.1) is 3.63 Å². The van der Waals surface area contributed by atoms with Gasteiger partial charge in [-0.2, -0.15) is 25.6 Å². The molecule has 6 nitrogen and oxygen atoms in total. The molecule has 0 aliphatic carbocycles. The molecule has 0 saturated heterocycles. The zero-order chi connectivity index (χ0) is 19.0. The maximum atomic E-state index is 11.9. The molecule has 140 valence electrons. The molecule has 0 spiro atoms. The van der Waals surface area contributed by atoms with Crippen molar-refractivity contribution < 1.29 is 29.2 Å². The highest BCUT2D eigenvalue weighted by Gasteiger charge is 2.32. The molecule has 11 heteroatoms. The minimum Gasteiger partial charge on any atom is -0.304 e. The maximum Gasteiger partial charge on any atom is 0.362 e. The van der Waals surface area contributed by atoms with Crippen molar-refractivity contribution in [2.45, 2.75) is 31.4 Å². The average Bonchev–Trinajstić information content (AvgIpc) is 2.49. The molecule has 0 amide bonds. The number of alkyl halides is 2. The lowest BCUT2D eigenvalue weighted by molar-refractivity contribution is 0.220. The number of benzene rings is 1. The van der Waals surface area contributed by atoms with Gasteiger partial charge < -0.3 is 4.90 Å². The Morgan fingerprint density at radius 3 is 1.71 bits per heavy atom. The van der Waals surface area contributed by atoms with Crippen LogP contribution in [0.2, 0.25) is 5.02 Å². The molecule has 0 heterocycles. The Labute approximate surface area is 146 Å². The summed E-state index contributed by atoms with van der Waals surface area (Å²) in [7, 11) is -10.3. The van der Waals surface area contributed by atoms with E-state index >= 15 is 0 Å². The number of nitrogens with zero attached hydrogens (tertiary/aromatic N) is 1. The molecule has 0 radical (unpaired) electrons. The van der Waals surface area contributed by atoms with E-state index in [0.29, 0.717) is 0 Å². The normalized spacial score (nSPS) is 12.2. The number of hydrogen-bond donors (Lipinski definition) is 0. The van der Waals surface area contributed by atoms with Gasteiger partial charge in [0.25, 0.3) is 0 Å². The summed E-state index contributed by atoms with van der Waals surface area (Å²) >= 11 is 5.47. The molecule has 0 atom stereocenters.